The number of sulfonamides is 1. The molecule has 0 saturated heterocycles. The molecule has 1 heterocycles. The standard InChI is InChI=1S/C17H15NO4S/c1-2-12-7-9-13(10-8-12)15(19)11-18-17(20)14-5-3-4-6-16(14)23(18,21)22/h3-10H,2,11H2,1H3. The van der Waals surface area contributed by atoms with Gasteiger partial charge in [0, 0.05) is 5.56 Å². The second-order valence-electron chi connectivity index (χ2n) is 5.29. The Kier molecular flexibility index (Phi) is 3.77. The Balaban J connectivity index is 1.88. The van der Waals surface area contributed by atoms with Crippen molar-refractivity contribution >= 4 is 21.7 Å². The molecule has 0 aliphatic carbocycles. The van der Waals surface area contributed by atoms with Crippen molar-refractivity contribution in [2.75, 3.05) is 6.54 Å². The van der Waals surface area contributed by atoms with Gasteiger partial charge < -0.3 is 0 Å². The van der Waals surface area contributed by atoms with E-state index in [1.54, 1.807) is 24.3 Å². The van der Waals surface area contributed by atoms with Gasteiger partial charge in [-0.05, 0) is 24.1 Å². The van der Waals surface area contributed by atoms with Crippen LogP contribution in [-0.4, -0.2) is 31.0 Å². The van der Waals surface area contributed by atoms with Crippen molar-refractivity contribution < 1.29 is 18.0 Å². The molecule has 6 heteroatoms. The molecule has 3 rings (SSSR count). The number of benzene rings is 2. The summed E-state index contributed by atoms with van der Waals surface area (Å²) >= 11 is 0. The highest BCUT2D eigenvalue weighted by Gasteiger charge is 2.41. The quantitative estimate of drug-likeness (QED) is 0.807. The number of aryl methyl sites for hydroxylation is 1. The summed E-state index contributed by atoms with van der Waals surface area (Å²) in [5, 5.41) is 0. The van der Waals surface area contributed by atoms with Crippen LogP contribution in [0, 0.1) is 0 Å². The van der Waals surface area contributed by atoms with Crippen LogP contribution in [0.4, 0.5) is 0 Å². The van der Waals surface area contributed by atoms with Gasteiger partial charge >= 0.3 is 0 Å². The van der Waals surface area contributed by atoms with Crippen LogP contribution in [0.25, 0.3) is 0 Å². The van der Waals surface area contributed by atoms with E-state index < -0.39 is 28.3 Å². The fourth-order valence-corrected chi connectivity index (χ4v) is 4.06. The zero-order valence-electron chi connectivity index (χ0n) is 12.5. The minimum Gasteiger partial charge on any atom is -0.292 e. The number of nitrogens with zero attached hydrogens (tertiary/aromatic N) is 1. The zero-order valence-corrected chi connectivity index (χ0v) is 13.3. The highest BCUT2D eigenvalue weighted by molar-refractivity contribution is 7.90. The normalized spacial score (nSPS) is 15.5. The Morgan fingerprint density at radius 1 is 1.04 bits per heavy atom. The fourth-order valence-electron chi connectivity index (χ4n) is 2.54. The van der Waals surface area contributed by atoms with E-state index in [0.717, 1.165) is 12.0 Å². The Hall–Kier alpha value is -2.47. The summed E-state index contributed by atoms with van der Waals surface area (Å²) in [4.78, 5) is 24.6. The molecule has 0 radical (unpaired) electrons. The Bertz CT molecular complexity index is 885. The molecule has 0 fully saturated rings. The molecule has 1 amide bonds. The van der Waals surface area contributed by atoms with E-state index >= 15 is 0 Å². The fraction of sp³-hybridized carbons (Fsp3) is 0.176. The first-order valence-corrected chi connectivity index (χ1v) is 8.67. The summed E-state index contributed by atoms with van der Waals surface area (Å²) in [5.74, 6) is -1.06. The monoisotopic (exact) mass is 329 g/mol. The molecule has 1 aliphatic rings. The second kappa shape index (κ2) is 5.62. The van der Waals surface area contributed by atoms with Gasteiger partial charge in [0.05, 0.1) is 5.56 Å². The van der Waals surface area contributed by atoms with Gasteiger partial charge in [0.1, 0.15) is 11.4 Å². The molecule has 1 aliphatic heterocycles. The maximum absolute atomic E-state index is 12.4. The minimum absolute atomic E-state index is 0.0425. The Morgan fingerprint density at radius 2 is 1.70 bits per heavy atom. The molecular weight excluding hydrogens is 314 g/mol. The number of hydrogen-bond acceptors (Lipinski definition) is 4. The van der Waals surface area contributed by atoms with E-state index in [9.17, 15) is 18.0 Å². The average molecular weight is 329 g/mol. The largest absolute Gasteiger partial charge is 0.292 e. The molecular formula is C17H15NO4S. The van der Waals surface area contributed by atoms with Crippen LogP contribution < -0.4 is 0 Å². The lowest BCUT2D eigenvalue weighted by atomic mass is 10.1. The number of Topliss-reactive ketones (excluding diaryl/α,β-unsaturated/α-hetero) is 1. The average Bonchev–Trinajstić information content (AvgIpc) is 2.76. The lowest BCUT2D eigenvalue weighted by molar-refractivity contribution is 0.0820. The number of fused-ring (bicyclic) bond motifs is 1. The third-order valence-electron chi connectivity index (χ3n) is 3.88. The molecule has 0 saturated carbocycles. The summed E-state index contributed by atoms with van der Waals surface area (Å²) in [7, 11) is -3.95. The number of carbonyl (C=O) groups is 2. The molecule has 0 atom stereocenters. The van der Waals surface area contributed by atoms with Gasteiger partial charge in [-0.2, -0.15) is 0 Å². The maximum atomic E-state index is 12.4. The molecule has 118 valence electrons. The van der Waals surface area contributed by atoms with Crippen molar-refractivity contribution in [1.29, 1.82) is 0 Å². The second-order valence-corrected chi connectivity index (χ2v) is 7.12. The van der Waals surface area contributed by atoms with Crippen molar-refractivity contribution in [3.63, 3.8) is 0 Å². The van der Waals surface area contributed by atoms with Crippen molar-refractivity contribution in [2.45, 2.75) is 18.2 Å². The van der Waals surface area contributed by atoms with Crippen molar-refractivity contribution in [3.8, 4) is 0 Å². The molecule has 0 spiro atoms. The first-order chi connectivity index (χ1) is 10.9. The predicted octanol–water partition coefficient (Wildman–Crippen LogP) is 2.28. The molecule has 23 heavy (non-hydrogen) atoms. The summed E-state index contributed by atoms with van der Waals surface area (Å²) in [5.41, 5.74) is 1.58. The number of ketones is 1. The number of rotatable bonds is 4. The SMILES string of the molecule is CCc1ccc(C(=O)CN2C(=O)c3ccccc3S2(=O)=O)cc1. The predicted molar refractivity (Wildman–Crippen MR) is 84.8 cm³/mol. The molecule has 2 aromatic rings. The van der Waals surface area contributed by atoms with Crippen LogP contribution in [0.2, 0.25) is 0 Å². The van der Waals surface area contributed by atoms with Gasteiger partial charge in [0.15, 0.2) is 5.78 Å². The first-order valence-electron chi connectivity index (χ1n) is 7.23. The lowest BCUT2D eigenvalue weighted by Crippen LogP contribution is -2.35. The van der Waals surface area contributed by atoms with Gasteiger partial charge in [0.25, 0.3) is 15.9 Å². The third kappa shape index (κ3) is 2.55. The molecule has 0 bridgehead atoms. The van der Waals surface area contributed by atoms with Gasteiger partial charge in [-0.15, -0.1) is 0 Å². The van der Waals surface area contributed by atoms with Gasteiger partial charge in [-0.3, -0.25) is 9.59 Å². The topological polar surface area (TPSA) is 71.5 Å². The summed E-state index contributed by atoms with van der Waals surface area (Å²) < 4.78 is 25.5. The van der Waals surface area contributed by atoms with Crippen molar-refractivity contribution in [1.82, 2.24) is 4.31 Å². The Morgan fingerprint density at radius 3 is 2.30 bits per heavy atom. The smallest absolute Gasteiger partial charge is 0.269 e. The first kappa shape index (κ1) is 15.4. The molecule has 5 nitrogen and oxygen atoms in total. The summed E-state index contributed by atoms with van der Waals surface area (Å²) in [6, 6.07) is 12.9. The number of carbonyl (C=O) groups excluding carboxylic acids is 2. The van der Waals surface area contributed by atoms with Crippen LogP contribution in [0.5, 0.6) is 0 Å². The highest BCUT2D eigenvalue weighted by atomic mass is 32.2. The van der Waals surface area contributed by atoms with E-state index in [-0.39, 0.29) is 10.5 Å². The molecule has 0 unspecified atom stereocenters. The van der Waals surface area contributed by atoms with E-state index in [1.165, 1.54) is 12.1 Å². The molecule has 0 N–H and O–H groups in total. The minimum atomic E-state index is -3.95. The third-order valence-corrected chi connectivity index (χ3v) is 5.67. The van der Waals surface area contributed by atoms with Crippen LogP contribution in [0.1, 0.15) is 33.2 Å². The van der Waals surface area contributed by atoms with E-state index in [1.807, 2.05) is 19.1 Å². The number of hydrogen-bond donors (Lipinski definition) is 0. The molecule has 0 aromatic heterocycles. The lowest BCUT2D eigenvalue weighted by Gasteiger charge is -2.14. The van der Waals surface area contributed by atoms with Crippen LogP contribution in [-0.2, 0) is 16.4 Å². The van der Waals surface area contributed by atoms with Crippen LogP contribution in [0.15, 0.2) is 53.4 Å². The Labute approximate surface area is 134 Å². The van der Waals surface area contributed by atoms with Gasteiger partial charge in [0.2, 0.25) is 0 Å². The zero-order chi connectivity index (χ0) is 16.6. The van der Waals surface area contributed by atoms with E-state index in [0.29, 0.717) is 9.87 Å². The number of amides is 1. The highest BCUT2D eigenvalue weighted by Crippen LogP contribution is 2.29. The van der Waals surface area contributed by atoms with Crippen molar-refractivity contribution in [2.24, 2.45) is 0 Å². The summed E-state index contributed by atoms with van der Waals surface area (Å²) in [6.07, 6.45) is 0.850. The summed E-state index contributed by atoms with van der Waals surface area (Å²) in [6.45, 7) is 1.52. The van der Waals surface area contributed by atoms with Crippen LogP contribution >= 0.6 is 0 Å². The van der Waals surface area contributed by atoms with Crippen molar-refractivity contribution in [3.05, 3.63) is 65.2 Å². The van der Waals surface area contributed by atoms with E-state index in [2.05, 4.69) is 0 Å². The van der Waals surface area contributed by atoms with Gasteiger partial charge in [-0.1, -0.05) is 43.3 Å². The maximum Gasteiger partial charge on any atom is 0.269 e. The van der Waals surface area contributed by atoms with Gasteiger partial charge in [-0.25, -0.2) is 12.7 Å². The van der Waals surface area contributed by atoms with E-state index in [4.69, 9.17) is 0 Å². The molecule has 2 aromatic carbocycles. The van der Waals surface area contributed by atoms with Crippen LogP contribution in [0.3, 0.4) is 0 Å².